The molecule has 0 unspecified atom stereocenters. The molecule has 2 rings (SSSR count). The zero-order valence-corrected chi connectivity index (χ0v) is 24.9. The van der Waals surface area contributed by atoms with Crippen LogP contribution in [-0.4, -0.2) is 73.9 Å². The van der Waals surface area contributed by atoms with Crippen molar-refractivity contribution in [1.29, 1.82) is 0 Å². The standard InChI is InChI=1S/C31H41N3O8/c1-8-12-33-26-21-13-17(2)14-25(41-7)27(36)19(4)15-20(5)29(42-31(32)39)24(40-6)11-9-10-18(3)30(38)34-22(28(21)37)16-23(26)35/h1,9-11,15-17,19,24-25,27,29,33,36H,12-14H2,2-7H3,(H2,32,39)(H,34,38)/b11-9+,18-10-,20-15+/t17-,19+,24+,25+,27-,29+/m1/s1. The highest BCUT2D eigenvalue weighted by atomic mass is 16.6. The van der Waals surface area contributed by atoms with Crippen molar-refractivity contribution < 1.29 is 38.5 Å². The van der Waals surface area contributed by atoms with Gasteiger partial charge in [-0.05, 0) is 38.2 Å². The summed E-state index contributed by atoms with van der Waals surface area (Å²) in [5.41, 5.74) is 6.25. The van der Waals surface area contributed by atoms with E-state index in [0.29, 0.717) is 12.0 Å². The van der Waals surface area contributed by atoms with Crippen LogP contribution >= 0.6 is 0 Å². The topological polar surface area (TPSA) is 166 Å². The van der Waals surface area contributed by atoms with Crippen molar-refractivity contribution >= 4 is 23.6 Å². The molecule has 11 nitrogen and oxygen atoms in total. The normalized spacial score (nSPS) is 31.5. The second kappa shape index (κ2) is 15.9. The van der Waals surface area contributed by atoms with Gasteiger partial charge in [-0.3, -0.25) is 14.4 Å². The van der Waals surface area contributed by atoms with Gasteiger partial charge in [0.25, 0.3) is 5.91 Å². The van der Waals surface area contributed by atoms with Gasteiger partial charge in [0.1, 0.15) is 6.10 Å². The van der Waals surface area contributed by atoms with E-state index in [2.05, 4.69) is 16.6 Å². The van der Waals surface area contributed by atoms with Crippen LogP contribution in [0, 0.1) is 24.2 Å². The predicted octanol–water partition coefficient (Wildman–Crippen LogP) is 1.98. The lowest BCUT2D eigenvalue weighted by Gasteiger charge is -2.30. The highest BCUT2D eigenvalue weighted by molar-refractivity contribution is 6.23. The Labute approximate surface area is 246 Å². The number of amides is 2. The SMILES string of the molecule is C#CCNC1=C2C[C@@H](C)C[C@H](OC)[C@H](O)[C@@H](C)/C=C(\C)[C@H](OC(N)=O)[C@@H](OC)/C=C/C=C(/C)C(=O)NC(=CC1=O)C2=O. The van der Waals surface area contributed by atoms with Gasteiger partial charge >= 0.3 is 6.09 Å². The van der Waals surface area contributed by atoms with Crippen LogP contribution in [0.5, 0.6) is 0 Å². The molecule has 0 saturated heterocycles. The van der Waals surface area contributed by atoms with Crippen LogP contribution in [-0.2, 0) is 28.6 Å². The zero-order chi connectivity index (χ0) is 31.6. The zero-order valence-electron chi connectivity index (χ0n) is 24.9. The van der Waals surface area contributed by atoms with Crippen molar-refractivity contribution in [1.82, 2.24) is 10.6 Å². The van der Waals surface area contributed by atoms with Crippen molar-refractivity contribution in [2.24, 2.45) is 17.6 Å². The molecule has 0 aromatic heterocycles. The second-order valence-electron chi connectivity index (χ2n) is 10.5. The molecular weight excluding hydrogens is 542 g/mol. The van der Waals surface area contributed by atoms with Gasteiger partial charge in [-0.25, -0.2) is 4.79 Å². The van der Waals surface area contributed by atoms with Crippen molar-refractivity contribution in [3.05, 3.63) is 58.5 Å². The summed E-state index contributed by atoms with van der Waals surface area (Å²) in [5.74, 6) is 0.118. The Morgan fingerprint density at radius 1 is 1.21 bits per heavy atom. The molecule has 6 atom stereocenters. The van der Waals surface area contributed by atoms with E-state index in [-0.39, 0.29) is 41.4 Å². The number of primary amides is 1. The highest BCUT2D eigenvalue weighted by Crippen LogP contribution is 2.28. The summed E-state index contributed by atoms with van der Waals surface area (Å²) in [6, 6.07) is 0. The Balaban J connectivity index is 2.62. The highest BCUT2D eigenvalue weighted by Gasteiger charge is 2.33. The first-order valence-electron chi connectivity index (χ1n) is 13.6. The van der Waals surface area contributed by atoms with Gasteiger partial charge in [-0.15, -0.1) is 6.42 Å². The van der Waals surface area contributed by atoms with Crippen LogP contribution in [0.4, 0.5) is 4.79 Å². The summed E-state index contributed by atoms with van der Waals surface area (Å²) >= 11 is 0. The molecule has 0 saturated carbocycles. The number of aliphatic hydroxyl groups excluding tert-OH is 1. The molecule has 0 aromatic rings. The molecule has 2 amide bonds. The fourth-order valence-electron chi connectivity index (χ4n) is 4.92. The maximum absolute atomic E-state index is 13.5. The van der Waals surface area contributed by atoms with Crippen LogP contribution < -0.4 is 16.4 Å². The van der Waals surface area contributed by atoms with Crippen molar-refractivity contribution in [3.8, 4) is 12.3 Å². The number of Topliss-reactive ketones (excluding diaryl/α,β-unsaturated/α-hetero) is 1. The maximum Gasteiger partial charge on any atom is 0.405 e. The minimum Gasteiger partial charge on any atom is -0.439 e. The number of ketones is 2. The number of rotatable bonds is 5. The van der Waals surface area contributed by atoms with Gasteiger partial charge in [-0.1, -0.05) is 44.1 Å². The van der Waals surface area contributed by atoms with Gasteiger partial charge in [0.05, 0.1) is 30.1 Å². The lowest BCUT2D eigenvalue weighted by atomic mass is 9.85. The van der Waals surface area contributed by atoms with E-state index in [4.69, 9.17) is 26.4 Å². The van der Waals surface area contributed by atoms with E-state index in [0.717, 1.165) is 6.08 Å². The monoisotopic (exact) mass is 583 g/mol. The molecule has 228 valence electrons. The van der Waals surface area contributed by atoms with Gasteiger partial charge < -0.3 is 35.7 Å². The summed E-state index contributed by atoms with van der Waals surface area (Å²) in [4.78, 5) is 51.2. The van der Waals surface area contributed by atoms with Crippen LogP contribution in [0.3, 0.4) is 0 Å². The van der Waals surface area contributed by atoms with Crippen LogP contribution in [0.25, 0.3) is 0 Å². The quantitative estimate of drug-likeness (QED) is 0.215. The van der Waals surface area contributed by atoms with Crippen molar-refractivity contribution in [2.45, 2.75) is 65.0 Å². The van der Waals surface area contributed by atoms with E-state index < -0.39 is 53.9 Å². The van der Waals surface area contributed by atoms with E-state index in [1.807, 2.05) is 6.92 Å². The number of hydrogen-bond acceptors (Lipinski definition) is 9. The Morgan fingerprint density at radius 2 is 1.90 bits per heavy atom. The first-order valence-corrected chi connectivity index (χ1v) is 13.6. The molecule has 5 N–H and O–H groups in total. The number of nitrogens with two attached hydrogens (primary N) is 1. The predicted molar refractivity (Wildman–Crippen MR) is 156 cm³/mol. The van der Waals surface area contributed by atoms with Crippen molar-refractivity contribution in [3.63, 3.8) is 0 Å². The number of aliphatic hydroxyl groups is 1. The molecule has 1 aliphatic heterocycles. The number of hydrogen-bond donors (Lipinski definition) is 4. The molecular formula is C31H41N3O8. The first kappa shape index (κ1) is 34.2. The molecule has 42 heavy (non-hydrogen) atoms. The third-order valence-corrected chi connectivity index (χ3v) is 7.16. The molecule has 0 aromatic carbocycles. The molecule has 0 fully saturated rings. The largest absolute Gasteiger partial charge is 0.439 e. The fourth-order valence-corrected chi connectivity index (χ4v) is 4.92. The maximum atomic E-state index is 13.5. The van der Waals surface area contributed by atoms with E-state index in [1.165, 1.54) is 33.3 Å². The number of carbonyl (C=O) groups is 4. The van der Waals surface area contributed by atoms with Crippen LogP contribution in [0.2, 0.25) is 0 Å². The molecule has 0 radical (unpaired) electrons. The number of allylic oxidation sites excluding steroid dienone is 4. The fraction of sp³-hybridized carbons (Fsp3) is 0.484. The average molecular weight is 584 g/mol. The Bertz CT molecular complexity index is 1250. The molecule has 2 aliphatic rings. The number of ether oxygens (including phenoxy) is 3. The smallest absolute Gasteiger partial charge is 0.405 e. The molecule has 0 spiro atoms. The Kier molecular flexibility index (Phi) is 12.9. The Morgan fingerprint density at radius 3 is 2.50 bits per heavy atom. The van der Waals surface area contributed by atoms with Gasteiger partial charge in [-0.2, -0.15) is 0 Å². The lowest BCUT2D eigenvalue weighted by Crippen LogP contribution is -2.38. The molecule has 11 heteroatoms. The summed E-state index contributed by atoms with van der Waals surface area (Å²) in [6.45, 7) is 6.95. The number of fused-ring (bicyclic) bond motifs is 2. The number of carbonyl (C=O) groups excluding carboxylic acids is 4. The summed E-state index contributed by atoms with van der Waals surface area (Å²) < 4.78 is 16.5. The average Bonchev–Trinajstić information content (AvgIpc) is 2.94. The summed E-state index contributed by atoms with van der Waals surface area (Å²) in [6.07, 6.45) is 8.96. The van der Waals surface area contributed by atoms with Crippen molar-refractivity contribution in [2.75, 3.05) is 20.8 Å². The van der Waals surface area contributed by atoms with Crippen LogP contribution in [0.15, 0.2) is 58.5 Å². The third-order valence-electron chi connectivity index (χ3n) is 7.16. The Hall–Kier alpha value is -3.98. The van der Waals surface area contributed by atoms with Gasteiger partial charge in [0, 0.05) is 37.4 Å². The summed E-state index contributed by atoms with van der Waals surface area (Å²) in [7, 11) is 2.90. The minimum atomic E-state index is -1.01. The van der Waals surface area contributed by atoms with E-state index in [1.54, 1.807) is 26.0 Å². The number of nitrogens with one attached hydrogen (secondary N) is 2. The number of methoxy groups -OCH3 is 2. The minimum absolute atomic E-state index is 0.0293. The summed E-state index contributed by atoms with van der Waals surface area (Å²) in [5, 5.41) is 16.6. The van der Waals surface area contributed by atoms with Gasteiger partial charge in [0.15, 0.2) is 6.10 Å². The third kappa shape index (κ3) is 9.01. The number of terminal acetylenes is 1. The lowest BCUT2D eigenvalue weighted by molar-refractivity contribution is -0.120. The molecule has 1 aliphatic carbocycles. The van der Waals surface area contributed by atoms with Crippen LogP contribution in [0.1, 0.15) is 40.5 Å². The van der Waals surface area contributed by atoms with E-state index in [9.17, 15) is 24.3 Å². The first-order chi connectivity index (χ1) is 19.8. The van der Waals surface area contributed by atoms with E-state index >= 15 is 0 Å². The van der Waals surface area contributed by atoms with Gasteiger partial charge in [0.2, 0.25) is 11.6 Å². The molecule has 2 bridgehead atoms. The molecule has 1 heterocycles. The second-order valence-corrected chi connectivity index (χ2v) is 10.5.